The molecule has 2 rings (SSSR count). The van der Waals surface area contributed by atoms with Gasteiger partial charge in [0.2, 0.25) is 0 Å². The van der Waals surface area contributed by atoms with Gasteiger partial charge in [-0.1, -0.05) is 30.3 Å². The van der Waals surface area contributed by atoms with E-state index in [1.54, 1.807) is 7.11 Å². The Bertz CT molecular complexity index is 510. The Morgan fingerprint density at radius 2 is 1.70 bits per heavy atom. The number of hydrogen-bond acceptors (Lipinski definition) is 3. The van der Waals surface area contributed by atoms with Gasteiger partial charge in [-0.25, -0.2) is 0 Å². The number of methoxy groups -OCH3 is 1. The van der Waals surface area contributed by atoms with Crippen molar-refractivity contribution in [3.8, 4) is 5.75 Å². The first kappa shape index (κ1) is 14.4. The molecule has 1 N–H and O–H groups in total. The van der Waals surface area contributed by atoms with Crippen LogP contribution >= 0.6 is 0 Å². The summed E-state index contributed by atoms with van der Waals surface area (Å²) in [5.74, 6) is 0.889. The summed E-state index contributed by atoms with van der Waals surface area (Å²) < 4.78 is 5.20. The van der Waals surface area contributed by atoms with E-state index in [0.29, 0.717) is 0 Å². The number of nitrogens with one attached hydrogen (secondary N) is 1. The van der Waals surface area contributed by atoms with Crippen LogP contribution < -0.4 is 15.0 Å². The Labute approximate surface area is 121 Å². The molecule has 1 unspecified atom stereocenters. The third-order valence-electron chi connectivity index (χ3n) is 3.52. The number of ether oxygens (including phenoxy) is 1. The standard InChI is InChI=1S/C17H22N2O/c1-18-17(14-9-11-16(20-3)12-10-14)13-19(2)15-7-5-4-6-8-15/h4-12,17-18H,13H2,1-3H3. The van der Waals surface area contributed by atoms with Crippen LogP contribution in [0.15, 0.2) is 54.6 Å². The molecule has 0 bridgehead atoms. The molecule has 0 heterocycles. The van der Waals surface area contributed by atoms with Gasteiger partial charge in [0.25, 0.3) is 0 Å². The molecule has 20 heavy (non-hydrogen) atoms. The van der Waals surface area contributed by atoms with E-state index in [1.807, 2.05) is 25.2 Å². The second-order valence-electron chi connectivity index (χ2n) is 4.83. The minimum atomic E-state index is 0.283. The van der Waals surface area contributed by atoms with Crippen LogP contribution in [0.5, 0.6) is 5.75 Å². The van der Waals surface area contributed by atoms with Crippen molar-refractivity contribution in [2.24, 2.45) is 0 Å². The fourth-order valence-electron chi connectivity index (χ4n) is 2.26. The summed E-state index contributed by atoms with van der Waals surface area (Å²) in [6, 6.07) is 18.9. The number of para-hydroxylation sites is 1. The smallest absolute Gasteiger partial charge is 0.118 e. The van der Waals surface area contributed by atoms with Crippen molar-refractivity contribution in [3.05, 3.63) is 60.2 Å². The lowest BCUT2D eigenvalue weighted by Crippen LogP contribution is -2.31. The molecule has 0 aromatic heterocycles. The Balaban J connectivity index is 2.08. The van der Waals surface area contributed by atoms with Crippen molar-refractivity contribution in [1.29, 1.82) is 0 Å². The van der Waals surface area contributed by atoms with Crippen LogP contribution in [0.4, 0.5) is 5.69 Å². The molecule has 0 aliphatic carbocycles. The number of rotatable bonds is 6. The van der Waals surface area contributed by atoms with Crippen LogP contribution in [-0.2, 0) is 0 Å². The van der Waals surface area contributed by atoms with Gasteiger partial charge in [-0.05, 0) is 36.9 Å². The second-order valence-corrected chi connectivity index (χ2v) is 4.83. The lowest BCUT2D eigenvalue weighted by Gasteiger charge is -2.26. The fourth-order valence-corrected chi connectivity index (χ4v) is 2.26. The van der Waals surface area contributed by atoms with Gasteiger partial charge in [-0.15, -0.1) is 0 Å². The van der Waals surface area contributed by atoms with E-state index in [1.165, 1.54) is 11.3 Å². The SMILES string of the molecule is CNC(CN(C)c1ccccc1)c1ccc(OC)cc1. The van der Waals surface area contributed by atoms with Crippen LogP contribution in [0.2, 0.25) is 0 Å². The Morgan fingerprint density at radius 1 is 1.05 bits per heavy atom. The first-order valence-electron chi connectivity index (χ1n) is 6.82. The molecule has 1 atom stereocenters. The molecule has 106 valence electrons. The lowest BCUT2D eigenvalue weighted by atomic mass is 10.1. The Hall–Kier alpha value is -2.00. The van der Waals surface area contributed by atoms with E-state index in [-0.39, 0.29) is 6.04 Å². The first-order valence-corrected chi connectivity index (χ1v) is 6.82. The summed E-state index contributed by atoms with van der Waals surface area (Å²) in [6.45, 7) is 0.910. The van der Waals surface area contributed by atoms with E-state index in [2.05, 4.69) is 53.7 Å². The van der Waals surface area contributed by atoms with Crippen molar-refractivity contribution >= 4 is 5.69 Å². The van der Waals surface area contributed by atoms with E-state index in [4.69, 9.17) is 4.74 Å². The Morgan fingerprint density at radius 3 is 2.25 bits per heavy atom. The van der Waals surface area contributed by atoms with Crippen molar-refractivity contribution < 1.29 is 4.74 Å². The number of benzene rings is 2. The molecule has 3 nitrogen and oxygen atoms in total. The third kappa shape index (κ3) is 3.52. The van der Waals surface area contributed by atoms with E-state index < -0.39 is 0 Å². The quantitative estimate of drug-likeness (QED) is 0.873. The van der Waals surface area contributed by atoms with Gasteiger partial charge >= 0.3 is 0 Å². The molecule has 3 heteroatoms. The zero-order valence-corrected chi connectivity index (χ0v) is 12.3. The van der Waals surface area contributed by atoms with Crippen LogP contribution in [0.1, 0.15) is 11.6 Å². The van der Waals surface area contributed by atoms with Gasteiger partial charge in [0.05, 0.1) is 7.11 Å². The largest absolute Gasteiger partial charge is 0.497 e. The summed E-state index contributed by atoms with van der Waals surface area (Å²) >= 11 is 0. The third-order valence-corrected chi connectivity index (χ3v) is 3.52. The average Bonchev–Trinajstić information content (AvgIpc) is 2.53. The van der Waals surface area contributed by atoms with Gasteiger partial charge in [0.15, 0.2) is 0 Å². The summed E-state index contributed by atoms with van der Waals surface area (Å²) in [5.41, 5.74) is 2.48. The monoisotopic (exact) mass is 270 g/mol. The van der Waals surface area contributed by atoms with Gasteiger partial charge in [-0.2, -0.15) is 0 Å². The molecular weight excluding hydrogens is 248 g/mol. The topological polar surface area (TPSA) is 24.5 Å². The van der Waals surface area contributed by atoms with Crippen LogP contribution in [0.3, 0.4) is 0 Å². The molecule has 0 radical (unpaired) electrons. The molecule has 0 saturated carbocycles. The first-order chi connectivity index (χ1) is 9.74. The van der Waals surface area contributed by atoms with Crippen molar-refractivity contribution in [3.63, 3.8) is 0 Å². The molecule has 0 saturated heterocycles. The summed E-state index contributed by atoms with van der Waals surface area (Å²) in [5, 5.41) is 3.37. The minimum absolute atomic E-state index is 0.283. The molecule has 0 aliphatic rings. The molecule has 0 fully saturated rings. The van der Waals surface area contributed by atoms with Crippen molar-refractivity contribution in [1.82, 2.24) is 5.32 Å². The second kappa shape index (κ2) is 6.96. The van der Waals surface area contributed by atoms with E-state index in [0.717, 1.165) is 12.3 Å². The van der Waals surface area contributed by atoms with Crippen LogP contribution in [-0.4, -0.2) is 27.7 Å². The van der Waals surface area contributed by atoms with E-state index in [9.17, 15) is 0 Å². The maximum Gasteiger partial charge on any atom is 0.118 e. The predicted octanol–water partition coefficient (Wildman–Crippen LogP) is 3.09. The summed E-state index contributed by atoms with van der Waals surface area (Å²) in [6.07, 6.45) is 0. The zero-order chi connectivity index (χ0) is 14.4. The normalized spacial score (nSPS) is 11.9. The minimum Gasteiger partial charge on any atom is -0.497 e. The summed E-state index contributed by atoms with van der Waals surface area (Å²) in [7, 11) is 5.80. The summed E-state index contributed by atoms with van der Waals surface area (Å²) in [4.78, 5) is 2.26. The van der Waals surface area contributed by atoms with Gasteiger partial charge in [-0.3, -0.25) is 0 Å². The van der Waals surface area contributed by atoms with Gasteiger partial charge < -0.3 is 15.0 Å². The van der Waals surface area contributed by atoms with E-state index >= 15 is 0 Å². The molecule has 0 amide bonds. The highest BCUT2D eigenvalue weighted by molar-refractivity contribution is 5.45. The average molecular weight is 270 g/mol. The highest BCUT2D eigenvalue weighted by Gasteiger charge is 2.12. The van der Waals surface area contributed by atoms with Crippen LogP contribution in [0, 0.1) is 0 Å². The van der Waals surface area contributed by atoms with Gasteiger partial charge in [0, 0.05) is 25.3 Å². The zero-order valence-electron chi connectivity index (χ0n) is 12.3. The lowest BCUT2D eigenvalue weighted by molar-refractivity contribution is 0.414. The van der Waals surface area contributed by atoms with Crippen molar-refractivity contribution in [2.45, 2.75) is 6.04 Å². The predicted molar refractivity (Wildman–Crippen MR) is 84.5 cm³/mol. The fraction of sp³-hybridized carbons (Fsp3) is 0.294. The maximum atomic E-state index is 5.20. The maximum absolute atomic E-state index is 5.20. The van der Waals surface area contributed by atoms with Crippen LogP contribution in [0.25, 0.3) is 0 Å². The molecule has 0 spiro atoms. The highest BCUT2D eigenvalue weighted by atomic mass is 16.5. The van der Waals surface area contributed by atoms with Gasteiger partial charge in [0.1, 0.15) is 5.75 Å². The number of anilines is 1. The molecule has 0 aliphatic heterocycles. The Kier molecular flexibility index (Phi) is 5.02. The highest BCUT2D eigenvalue weighted by Crippen LogP contribution is 2.20. The molecule has 2 aromatic carbocycles. The number of likely N-dealkylation sites (N-methyl/N-ethyl adjacent to an activating group) is 2. The number of hydrogen-bond donors (Lipinski definition) is 1. The van der Waals surface area contributed by atoms with Crippen molar-refractivity contribution in [2.75, 3.05) is 32.6 Å². The molecule has 2 aromatic rings. The number of nitrogens with zero attached hydrogens (tertiary/aromatic N) is 1. The molecular formula is C17H22N2O.